The van der Waals surface area contributed by atoms with Crippen LogP contribution in [0.5, 0.6) is 0 Å². The molecule has 21 heavy (non-hydrogen) atoms. The molecule has 0 saturated heterocycles. The highest BCUT2D eigenvalue weighted by Crippen LogP contribution is 2.33. The molecule has 0 aliphatic heterocycles. The van der Waals surface area contributed by atoms with E-state index >= 15 is 0 Å². The Labute approximate surface area is 135 Å². The topological polar surface area (TPSA) is 12.0 Å². The van der Waals surface area contributed by atoms with Gasteiger partial charge in [0.25, 0.3) is 0 Å². The fourth-order valence-electron chi connectivity index (χ4n) is 2.55. The summed E-state index contributed by atoms with van der Waals surface area (Å²) in [6, 6.07) is 13.7. The van der Waals surface area contributed by atoms with Crippen molar-refractivity contribution in [3.63, 3.8) is 0 Å². The van der Waals surface area contributed by atoms with Crippen LogP contribution < -0.4 is 5.32 Å². The number of nitrogens with one attached hydrogen (secondary N) is 1. The minimum absolute atomic E-state index is 0.0000463. The molecule has 1 unspecified atom stereocenters. The second kappa shape index (κ2) is 6.26. The number of hydrogen-bond donors (Lipinski definition) is 1. The summed E-state index contributed by atoms with van der Waals surface area (Å²) in [6.45, 7) is 2.89. The third-order valence-corrected chi connectivity index (χ3v) is 5.13. The SMILES string of the molecule is CCNC(c1ccc(Br)c(F)c1)c1cccc2ccsc12. The molecule has 0 saturated carbocycles. The Morgan fingerprint density at radius 1 is 1.24 bits per heavy atom. The van der Waals surface area contributed by atoms with Crippen LogP contribution in [0, 0.1) is 5.82 Å². The predicted octanol–water partition coefficient (Wildman–Crippen LogP) is 5.50. The molecule has 0 radical (unpaired) electrons. The zero-order valence-electron chi connectivity index (χ0n) is 11.6. The highest BCUT2D eigenvalue weighted by atomic mass is 79.9. The molecule has 0 spiro atoms. The van der Waals surface area contributed by atoms with Gasteiger partial charge in [-0.05, 0) is 62.6 Å². The van der Waals surface area contributed by atoms with Crippen LogP contribution in [0.1, 0.15) is 24.1 Å². The Hall–Kier alpha value is -1.23. The highest BCUT2D eigenvalue weighted by Gasteiger charge is 2.17. The molecule has 2 aromatic carbocycles. The average molecular weight is 364 g/mol. The summed E-state index contributed by atoms with van der Waals surface area (Å²) >= 11 is 4.94. The molecule has 0 aliphatic carbocycles. The van der Waals surface area contributed by atoms with Crippen molar-refractivity contribution >= 4 is 37.4 Å². The molecule has 0 fully saturated rings. The summed E-state index contributed by atoms with van der Waals surface area (Å²) in [4.78, 5) is 0. The first-order chi connectivity index (χ1) is 10.2. The Kier molecular flexibility index (Phi) is 4.38. The molecular weight excluding hydrogens is 349 g/mol. The molecule has 1 heterocycles. The van der Waals surface area contributed by atoms with E-state index in [2.05, 4.69) is 57.8 Å². The number of rotatable bonds is 4. The highest BCUT2D eigenvalue weighted by molar-refractivity contribution is 9.10. The third kappa shape index (κ3) is 2.89. The standard InChI is InChI=1S/C17H15BrFNS/c1-2-20-16(12-6-7-14(18)15(19)10-12)13-5-3-4-11-8-9-21-17(11)13/h3-10,16,20H,2H2,1H3. The lowest BCUT2D eigenvalue weighted by Crippen LogP contribution is -2.22. The second-order valence-electron chi connectivity index (χ2n) is 4.85. The lowest BCUT2D eigenvalue weighted by molar-refractivity contribution is 0.600. The minimum atomic E-state index is -0.228. The molecule has 0 amide bonds. The van der Waals surface area contributed by atoms with E-state index in [0.29, 0.717) is 4.47 Å². The van der Waals surface area contributed by atoms with E-state index in [0.717, 1.165) is 12.1 Å². The van der Waals surface area contributed by atoms with E-state index in [4.69, 9.17) is 0 Å². The Morgan fingerprint density at radius 3 is 2.86 bits per heavy atom. The van der Waals surface area contributed by atoms with Gasteiger partial charge in [0.05, 0.1) is 10.5 Å². The van der Waals surface area contributed by atoms with Gasteiger partial charge in [-0.2, -0.15) is 0 Å². The van der Waals surface area contributed by atoms with Crippen molar-refractivity contribution in [2.24, 2.45) is 0 Å². The van der Waals surface area contributed by atoms with Gasteiger partial charge in [-0.1, -0.05) is 31.2 Å². The Morgan fingerprint density at radius 2 is 2.10 bits per heavy atom. The van der Waals surface area contributed by atoms with Crippen molar-refractivity contribution in [1.82, 2.24) is 5.32 Å². The zero-order valence-corrected chi connectivity index (χ0v) is 14.0. The van der Waals surface area contributed by atoms with Gasteiger partial charge in [-0.3, -0.25) is 0 Å². The molecule has 1 atom stereocenters. The fraction of sp³-hybridized carbons (Fsp3) is 0.176. The number of fused-ring (bicyclic) bond motifs is 1. The smallest absolute Gasteiger partial charge is 0.137 e. The van der Waals surface area contributed by atoms with Gasteiger partial charge in [0.15, 0.2) is 0 Å². The first-order valence-corrected chi connectivity index (χ1v) is 8.52. The molecule has 0 aliphatic rings. The van der Waals surface area contributed by atoms with Gasteiger partial charge >= 0.3 is 0 Å². The van der Waals surface area contributed by atoms with E-state index < -0.39 is 0 Å². The Balaban J connectivity index is 2.13. The zero-order chi connectivity index (χ0) is 14.8. The number of hydrogen-bond acceptors (Lipinski definition) is 2. The summed E-state index contributed by atoms with van der Waals surface area (Å²) in [5.74, 6) is -0.228. The maximum atomic E-state index is 13.9. The maximum Gasteiger partial charge on any atom is 0.137 e. The normalized spacial score (nSPS) is 12.7. The van der Waals surface area contributed by atoms with Crippen LogP contribution in [0.3, 0.4) is 0 Å². The molecule has 4 heteroatoms. The van der Waals surface area contributed by atoms with E-state index in [1.807, 2.05) is 6.07 Å². The predicted molar refractivity (Wildman–Crippen MR) is 91.4 cm³/mol. The van der Waals surface area contributed by atoms with E-state index in [9.17, 15) is 4.39 Å². The van der Waals surface area contributed by atoms with Crippen LogP contribution in [0.25, 0.3) is 10.1 Å². The van der Waals surface area contributed by atoms with Gasteiger partial charge in [0.1, 0.15) is 5.82 Å². The summed E-state index contributed by atoms with van der Waals surface area (Å²) < 4.78 is 15.6. The molecule has 1 N–H and O–H groups in total. The second-order valence-corrected chi connectivity index (χ2v) is 6.62. The van der Waals surface area contributed by atoms with E-state index in [-0.39, 0.29) is 11.9 Å². The van der Waals surface area contributed by atoms with Gasteiger partial charge in [-0.25, -0.2) is 4.39 Å². The average Bonchev–Trinajstić information content (AvgIpc) is 2.96. The molecule has 3 aromatic rings. The first kappa shape index (κ1) is 14.7. The van der Waals surface area contributed by atoms with Crippen molar-refractivity contribution in [2.75, 3.05) is 6.54 Å². The molecule has 108 valence electrons. The van der Waals surface area contributed by atoms with Crippen LogP contribution in [-0.2, 0) is 0 Å². The van der Waals surface area contributed by atoms with Crippen molar-refractivity contribution in [3.8, 4) is 0 Å². The lowest BCUT2D eigenvalue weighted by atomic mass is 9.97. The largest absolute Gasteiger partial charge is 0.306 e. The van der Waals surface area contributed by atoms with Gasteiger partial charge < -0.3 is 5.32 Å². The van der Waals surface area contributed by atoms with Gasteiger partial charge in [0.2, 0.25) is 0 Å². The van der Waals surface area contributed by atoms with Crippen LogP contribution in [-0.4, -0.2) is 6.54 Å². The van der Waals surface area contributed by atoms with Crippen LogP contribution in [0.4, 0.5) is 4.39 Å². The number of thiophene rings is 1. The Bertz CT molecular complexity index is 768. The molecule has 1 aromatic heterocycles. The van der Waals surface area contributed by atoms with Crippen molar-refractivity contribution in [2.45, 2.75) is 13.0 Å². The summed E-state index contributed by atoms with van der Waals surface area (Å²) in [5.41, 5.74) is 2.14. The fourth-order valence-corrected chi connectivity index (χ4v) is 3.74. The summed E-state index contributed by atoms with van der Waals surface area (Å²) in [7, 11) is 0. The summed E-state index contributed by atoms with van der Waals surface area (Å²) in [6.07, 6.45) is 0. The van der Waals surface area contributed by atoms with Gasteiger partial charge in [0, 0.05) is 4.70 Å². The van der Waals surface area contributed by atoms with Crippen molar-refractivity contribution in [1.29, 1.82) is 0 Å². The molecule has 3 rings (SSSR count). The first-order valence-electron chi connectivity index (χ1n) is 6.85. The summed E-state index contributed by atoms with van der Waals surface area (Å²) in [5, 5.41) is 6.80. The number of halogens is 2. The monoisotopic (exact) mass is 363 g/mol. The maximum absolute atomic E-state index is 13.9. The minimum Gasteiger partial charge on any atom is -0.306 e. The number of benzene rings is 2. The molecule has 1 nitrogen and oxygen atoms in total. The quantitative estimate of drug-likeness (QED) is 0.644. The van der Waals surface area contributed by atoms with Crippen LogP contribution in [0.2, 0.25) is 0 Å². The van der Waals surface area contributed by atoms with Crippen LogP contribution in [0.15, 0.2) is 52.3 Å². The van der Waals surface area contributed by atoms with E-state index in [1.54, 1.807) is 23.5 Å². The molecular formula is C17H15BrFNS. The van der Waals surface area contributed by atoms with E-state index in [1.165, 1.54) is 15.6 Å². The van der Waals surface area contributed by atoms with Crippen LogP contribution >= 0.6 is 27.3 Å². The van der Waals surface area contributed by atoms with Crippen molar-refractivity contribution in [3.05, 3.63) is 69.3 Å². The lowest BCUT2D eigenvalue weighted by Gasteiger charge is -2.20. The van der Waals surface area contributed by atoms with Gasteiger partial charge in [-0.15, -0.1) is 11.3 Å². The third-order valence-electron chi connectivity index (χ3n) is 3.51. The molecule has 0 bridgehead atoms. The van der Waals surface area contributed by atoms with Crippen molar-refractivity contribution < 1.29 is 4.39 Å².